The molecule has 0 fully saturated rings. The number of rotatable bonds is 2. The zero-order chi connectivity index (χ0) is 7.40. The Labute approximate surface area is 71.8 Å². The molecule has 0 aliphatic rings. The van der Waals surface area contributed by atoms with E-state index in [1.54, 1.807) is 12.1 Å². The standard InChI is InChI=1S/C6H6BrNOS/c1-9-6-5(2-3-7)4-10-8-6/h2-4H,1H3/b3-2+. The normalized spacial score (nSPS) is 10.6. The maximum absolute atomic E-state index is 4.97. The number of aromatic nitrogens is 1. The van der Waals surface area contributed by atoms with Crippen molar-refractivity contribution < 1.29 is 4.74 Å². The summed E-state index contributed by atoms with van der Waals surface area (Å²) in [5, 5.41) is 1.93. The number of nitrogens with zero attached hydrogens (tertiary/aromatic N) is 1. The predicted octanol–water partition coefficient (Wildman–Crippen LogP) is 2.52. The molecule has 10 heavy (non-hydrogen) atoms. The lowest BCUT2D eigenvalue weighted by Gasteiger charge is -1.92. The molecular weight excluding hydrogens is 214 g/mol. The van der Waals surface area contributed by atoms with Crippen molar-refractivity contribution in [3.8, 4) is 5.88 Å². The van der Waals surface area contributed by atoms with E-state index < -0.39 is 0 Å². The van der Waals surface area contributed by atoms with Crippen LogP contribution in [-0.2, 0) is 0 Å². The van der Waals surface area contributed by atoms with E-state index in [0.29, 0.717) is 5.88 Å². The number of ether oxygens (including phenoxy) is 1. The van der Waals surface area contributed by atoms with Crippen LogP contribution in [0.15, 0.2) is 10.4 Å². The Morgan fingerprint density at radius 3 is 3.20 bits per heavy atom. The number of hydrogen-bond donors (Lipinski definition) is 0. The molecule has 0 spiro atoms. The van der Waals surface area contributed by atoms with Crippen LogP contribution in [0.5, 0.6) is 5.88 Å². The van der Waals surface area contributed by atoms with E-state index in [2.05, 4.69) is 20.3 Å². The lowest BCUT2D eigenvalue weighted by atomic mass is 10.4. The quantitative estimate of drug-likeness (QED) is 0.763. The van der Waals surface area contributed by atoms with Crippen molar-refractivity contribution in [2.75, 3.05) is 7.11 Å². The molecule has 0 aliphatic heterocycles. The van der Waals surface area contributed by atoms with Gasteiger partial charge < -0.3 is 4.74 Å². The van der Waals surface area contributed by atoms with Crippen LogP contribution < -0.4 is 4.74 Å². The van der Waals surface area contributed by atoms with Gasteiger partial charge in [-0.1, -0.05) is 15.9 Å². The zero-order valence-corrected chi connectivity index (χ0v) is 7.78. The van der Waals surface area contributed by atoms with Gasteiger partial charge in [-0.15, -0.1) is 0 Å². The van der Waals surface area contributed by atoms with E-state index in [1.165, 1.54) is 11.5 Å². The highest BCUT2D eigenvalue weighted by molar-refractivity contribution is 9.11. The van der Waals surface area contributed by atoms with Gasteiger partial charge >= 0.3 is 0 Å². The van der Waals surface area contributed by atoms with Crippen LogP contribution in [0.25, 0.3) is 6.08 Å². The molecule has 0 aromatic carbocycles. The SMILES string of the molecule is COc1nscc1/C=C/Br. The van der Waals surface area contributed by atoms with Crippen molar-refractivity contribution in [2.24, 2.45) is 0 Å². The summed E-state index contributed by atoms with van der Waals surface area (Å²) in [5.74, 6) is 0.681. The van der Waals surface area contributed by atoms with Crippen LogP contribution in [0.1, 0.15) is 5.56 Å². The average molecular weight is 220 g/mol. The highest BCUT2D eigenvalue weighted by atomic mass is 79.9. The van der Waals surface area contributed by atoms with Crippen molar-refractivity contribution in [2.45, 2.75) is 0 Å². The molecule has 54 valence electrons. The van der Waals surface area contributed by atoms with E-state index in [0.717, 1.165) is 5.56 Å². The monoisotopic (exact) mass is 219 g/mol. The molecule has 0 radical (unpaired) electrons. The molecule has 0 unspecified atom stereocenters. The van der Waals surface area contributed by atoms with Crippen molar-refractivity contribution in [3.63, 3.8) is 0 Å². The summed E-state index contributed by atoms with van der Waals surface area (Å²) in [7, 11) is 1.61. The van der Waals surface area contributed by atoms with Gasteiger partial charge in [0.05, 0.1) is 7.11 Å². The van der Waals surface area contributed by atoms with E-state index in [1.807, 2.05) is 11.5 Å². The first-order valence-corrected chi connectivity index (χ1v) is 4.39. The molecule has 0 bridgehead atoms. The predicted molar refractivity (Wildman–Crippen MR) is 46.6 cm³/mol. The van der Waals surface area contributed by atoms with Crippen LogP contribution in [0.4, 0.5) is 0 Å². The summed E-state index contributed by atoms with van der Waals surface area (Å²) in [4.78, 5) is 1.78. The average Bonchev–Trinajstić information content (AvgIpc) is 2.36. The maximum Gasteiger partial charge on any atom is 0.232 e. The summed E-state index contributed by atoms with van der Waals surface area (Å²) in [6.45, 7) is 0. The lowest BCUT2D eigenvalue weighted by molar-refractivity contribution is 0.402. The Hall–Kier alpha value is -0.350. The van der Waals surface area contributed by atoms with Crippen LogP contribution in [0.3, 0.4) is 0 Å². The van der Waals surface area contributed by atoms with E-state index in [9.17, 15) is 0 Å². The minimum absolute atomic E-state index is 0.681. The highest BCUT2D eigenvalue weighted by Crippen LogP contribution is 2.19. The third-order valence-corrected chi connectivity index (χ3v) is 1.89. The molecule has 1 aromatic rings. The molecular formula is C6H6BrNOS. The third kappa shape index (κ3) is 1.58. The fourth-order valence-corrected chi connectivity index (χ4v) is 1.47. The van der Waals surface area contributed by atoms with Crippen LogP contribution in [-0.4, -0.2) is 11.5 Å². The molecule has 0 aliphatic carbocycles. The molecule has 4 heteroatoms. The minimum Gasteiger partial charge on any atom is -0.480 e. The second kappa shape index (κ2) is 3.73. The van der Waals surface area contributed by atoms with Crippen molar-refractivity contribution in [1.29, 1.82) is 0 Å². The van der Waals surface area contributed by atoms with Crippen molar-refractivity contribution in [3.05, 3.63) is 15.9 Å². The van der Waals surface area contributed by atoms with Crippen molar-refractivity contribution in [1.82, 2.24) is 4.37 Å². The van der Waals surface area contributed by atoms with E-state index >= 15 is 0 Å². The van der Waals surface area contributed by atoms with E-state index in [4.69, 9.17) is 4.74 Å². The van der Waals surface area contributed by atoms with Crippen molar-refractivity contribution >= 4 is 33.5 Å². The van der Waals surface area contributed by atoms with Crippen LogP contribution >= 0.6 is 27.5 Å². The second-order valence-electron chi connectivity index (χ2n) is 1.57. The summed E-state index contributed by atoms with van der Waals surface area (Å²) in [6.07, 6.45) is 1.89. The molecule has 0 atom stereocenters. The maximum atomic E-state index is 4.97. The first kappa shape index (κ1) is 7.75. The molecule has 0 amide bonds. The molecule has 2 nitrogen and oxygen atoms in total. The summed E-state index contributed by atoms with van der Waals surface area (Å²) >= 11 is 4.56. The Balaban J connectivity index is 2.90. The van der Waals surface area contributed by atoms with Gasteiger partial charge in [0, 0.05) is 10.9 Å². The summed E-state index contributed by atoms with van der Waals surface area (Å²) < 4.78 is 8.97. The Morgan fingerprint density at radius 1 is 1.80 bits per heavy atom. The fourth-order valence-electron chi connectivity index (χ4n) is 0.568. The van der Waals surface area contributed by atoms with E-state index in [-0.39, 0.29) is 0 Å². The van der Waals surface area contributed by atoms with Gasteiger partial charge in [0.2, 0.25) is 5.88 Å². The lowest BCUT2D eigenvalue weighted by Crippen LogP contribution is -1.82. The van der Waals surface area contributed by atoms with Gasteiger partial charge in [0.15, 0.2) is 0 Å². The molecule has 1 heterocycles. The Bertz CT molecular complexity index is 233. The zero-order valence-electron chi connectivity index (χ0n) is 5.37. The first-order chi connectivity index (χ1) is 4.88. The Kier molecular flexibility index (Phi) is 2.89. The highest BCUT2D eigenvalue weighted by Gasteiger charge is 1.99. The number of hydrogen-bond acceptors (Lipinski definition) is 3. The number of halogens is 1. The molecule has 0 N–H and O–H groups in total. The molecule has 0 saturated heterocycles. The van der Waals surface area contributed by atoms with Gasteiger partial charge in [0.1, 0.15) is 0 Å². The molecule has 1 rings (SSSR count). The topological polar surface area (TPSA) is 22.1 Å². The second-order valence-corrected chi connectivity index (χ2v) is 2.73. The fraction of sp³-hybridized carbons (Fsp3) is 0.167. The third-order valence-electron chi connectivity index (χ3n) is 0.998. The minimum atomic E-state index is 0.681. The van der Waals surface area contributed by atoms with Crippen LogP contribution in [0.2, 0.25) is 0 Å². The first-order valence-electron chi connectivity index (χ1n) is 2.63. The smallest absolute Gasteiger partial charge is 0.232 e. The Morgan fingerprint density at radius 2 is 2.60 bits per heavy atom. The van der Waals surface area contributed by atoms with Gasteiger partial charge in [-0.05, 0) is 22.6 Å². The van der Waals surface area contributed by atoms with Gasteiger partial charge in [-0.3, -0.25) is 0 Å². The number of methoxy groups -OCH3 is 1. The van der Waals surface area contributed by atoms with Gasteiger partial charge in [0.25, 0.3) is 0 Å². The molecule has 0 saturated carbocycles. The largest absolute Gasteiger partial charge is 0.480 e. The van der Waals surface area contributed by atoms with Crippen LogP contribution in [0, 0.1) is 0 Å². The van der Waals surface area contributed by atoms with Gasteiger partial charge in [-0.2, -0.15) is 4.37 Å². The summed E-state index contributed by atoms with van der Waals surface area (Å²) in [5.41, 5.74) is 1.00. The molecule has 1 aromatic heterocycles. The van der Waals surface area contributed by atoms with Gasteiger partial charge in [-0.25, -0.2) is 0 Å². The summed E-state index contributed by atoms with van der Waals surface area (Å²) in [6, 6.07) is 0.